The van der Waals surface area contributed by atoms with Gasteiger partial charge in [-0.1, -0.05) is 12.1 Å². The second-order valence-electron chi connectivity index (χ2n) is 6.97. The van der Waals surface area contributed by atoms with Gasteiger partial charge in [-0.3, -0.25) is 9.89 Å². The van der Waals surface area contributed by atoms with Crippen LogP contribution in [0.25, 0.3) is 32.9 Å². The Morgan fingerprint density at radius 3 is 2.87 bits per heavy atom. The maximum atomic E-state index is 11.4. The number of hydrogen-bond donors (Lipinski definition) is 4. The Balaban J connectivity index is 1.63. The topological polar surface area (TPSA) is 141 Å². The summed E-state index contributed by atoms with van der Waals surface area (Å²) >= 11 is 0. The van der Waals surface area contributed by atoms with Crippen LogP contribution in [0.15, 0.2) is 61.1 Å². The predicted molar refractivity (Wildman–Crippen MR) is 116 cm³/mol. The number of benzene rings is 2. The third kappa shape index (κ3) is 3.18. The molecule has 3 aromatic heterocycles. The first-order chi connectivity index (χ1) is 14.6. The largest absolute Gasteiger partial charge is 0.368 e. The van der Waals surface area contributed by atoms with E-state index in [4.69, 9.17) is 11.5 Å². The molecule has 5 rings (SSSR count). The van der Waals surface area contributed by atoms with E-state index in [0.29, 0.717) is 5.82 Å². The SMILES string of the molecule is NC(=O)Cn1ccc2ccc(-c3cc(Nc4ccnc(N)n4)cc4cn[nH]c34)cc21. The van der Waals surface area contributed by atoms with Gasteiger partial charge in [-0.05, 0) is 41.3 Å². The second kappa shape index (κ2) is 6.89. The van der Waals surface area contributed by atoms with Crippen LogP contribution >= 0.6 is 0 Å². The van der Waals surface area contributed by atoms with E-state index in [2.05, 4.69) is 25.5 Å². The number of nitrogens with zero attached hydrogens (tertiary/aromatic N) is 4. The van der Waals surface area contributed by atoms with Gasteiger partial charge in [0.2, 0.25) is 11.9 Å². The molecule has 0 fully saturated rings. The van der Waals surface area contributed by atoms with Crippen molar-refractivity contribution < 1.29 is 4.79 Å². The molecule has 0 unspecified atom stereocenters. The molecule has 30 heavy (non-hydrogen) atoms. The summed E-state index contributed by atoms with van der Waals surface area (Å²) in [4.78, 5) is 19.5. The monoisotopic (exact) mass is 398 g/mol. The van der Waals surface area contributed by atoms with Crippen LogP contribution in [0.4, 0.5) is 17.5 Å². The van der Waals surface area contributed by atoms with Crippen LogP contribution in [0.5, 0.6) is 0 Å². The van der Waals surface area contributed by atoms with E-state index in [1.807, 2.05) is 47.2 Å². The molecule has 9 nitrogen and oxygen atoms in total. The molecule has 0 aliphatic heterocycles. The molecule has 5 aromatic rings. The molecule has 0 aliphatic carbocycles. The molecule has 0 radical (unpaired) electrons. The number of amides is 1. The number of nitrogens with two attached hydrogens (primary N) is 2. The second-order valence-corrected chi connectivity index (χ2v) is 6.97. The Labute approximate surface area is 170 Å². The van der Waals surface area contributed by atoms with Gasteiger partial charge in [0.1, 0.15) is 12.4 Å². The van der Waals surface area contributed by atoms with Crippen molar-refractivity contribution in [1.82, 2.24) is 24.7 Å². The highest BCUT2D eigenvalue weighted by Crippen LogP contribution is 2.33. The predicted octanol–water partition coefficient (Wildman–Crippen LogP) is 2.79. The van der Waals surface area contributed by atoms with E-state index < -0.39 is 0 Å². The number of primary amides is 1. The van der Waals surface area contributed by atoms with Crippen LogP contribution in [-0.4, -0.2) is 30.6 Å². The fourth-order valence-corrected chi connectivity index (χ4v) is 3.61. The van der Waals surface area contributed by atoms with Crippen LogP contribution in [-0.2, 0) is 11.3 Å². The highest BCUT2D eigenvalue weighted by Gasteiger charge is 2.12. The van der Waals surface area contributed by atoms with Gasteiger partial charge in [0.25, 0.3) is 0 Å². The number of carbonyl (C=O) groups excluding carboxylic acids is 1. The molecular weight excluding hydrogens is 380 g/mol. The molecule has 6 N–H and O–H groups in total. The minimum Gasteiger partial charge on any atom is -0.368 e. The number of aromatic nitrogens is 5. The van der Waals surface area contributed by atoms with Crippen molar-refractivity contribution in [2.24, 2.45) is 5.73 Å². The highest BCUT2D eigenvalue weighted by atomic mass is 16.1. The summed E-state index contributed by atoms with van der Waals surface area (Å²) in [7, 11) is 0. The number of rotatable bonds is 5. The Hall–Kier alpha value is -4.40. The molecule has 0 bridgehead atoms. The van der Waals surface area contributed by atoms with Crippen LogP contribution in [0.2, 0.25) is 0 Å². The molecule has 9 heteroatoms. The maximum absolute atomic E-state index is 11.4. The summed E-state index contributed by atoms with van der Waals surface area (Å²) < 4.78 is 1.84. The van der Waals surface area contributed by atoms with Crippen molar-refractivity contribution in [2.75, 3.05) is 11.1 Å². The van der Waals surface area contributed by atoms with Gasteiger partial charge in [-0.25, -0.2) is 4.98 Å². The third-order valence-electron chi connectivity index (χ3n) is 4.91. The first-order valence-electron chi connectivity index (χ1n) is 9.27. The number of anilines is 3. The lowest BCUT2D eigenvalue weighted by Crippen LogP contribution is -2.17. The third-order valence-corrected chi connectivity index (χ3v) is 4.91. The van der Waals surface area contributed by atoms with Gasteiger partial charge in [-0.2, -0.15) is 10.1 Å². The van der Waals surface area contributed by atoms with E-state index in [1.54, 1.807) is 18.5 Å². The Morgan fingerprint density at radius 1 is 1.13 bits per heavy atom. The van der Waals surface area contributed by atoms with E-state index in [0.717, 1.165) is 38.6 Å². The lowest BCUT2D eigenvalue weighted by molar-refractivity contribution is -0.118. The summed E-state index contributed by atoms with van der Waals surface area (Å²) in [5, 5.41) is 12.5. The summed E-state index contributed by atoms with van der Waals surface area (Å²) in [6.07, 6.45) is 5.23. The number of hydrogen-bond acceptors (Lipinski definition) is 6. The van der Waals surface area contributed by atoms with Crippen molar-refractivity contribution in [3.63, 3.8) is 0 Å². The van der Waals surface area contributed by atoms with Crippen molar-refractivity contribution in [3.05, 3.63) is 61.1 Å². The highest BCUT2D eigenvalue weighted by molar-refractivity contribution is 5.99. The average Bonchev–Trinajstić information content (AvgIpc) is 3.34. The molecule has 2 aromatic carbocycles. The number of nitrogen functional groups attached to an aromatic ring is 1. The van der Waals surface area contributed by atoms with Crippen molar-refractivity contribution in [2.45, 2.75) is 6.54 Å². The molecule has 0 atom stereocenters. The van der Waals surface area contributed by atoms with Crippen molar-refractivity contribution >= 4 is 45.2 Å². The fourth-order valence-electron chi connectivity index (χ4n) is 3.61. The molecule has 0 saturated carbocycles. The molecule has 0 spiro atoms. The van der Waals surface area contributed by atoms with Gasteiger partial charge < -0.3 is 21.4 Å². The number of aromatic amines is 1. The molecule has 1 amide bonds. The summed E-state index contributed by atoms with van der Waals surface area (Å²) in [6, 6.07) is 13.8. The zero-order chi connectivity index (χ0) is 20.7. The van der Waals surface area contributed by atoms with Crippen LogP contribution in [0.1, 0.15) is 0 Å². The smallest absolute Gasteiger partial charge is 0.237 e. The maximum Gasteiger partial charge on any atom is 0.237 e. The van der Waals surface area contributed by atoms with E-state index in [9.17, 15) is 4.79 Å². The van der Waals surface area contributed by atoms with Gasteiger partial charge in [-0.15, -0.1) is 0 Å². The Kier molecular flexibility index (Phi) is 4.06. The first kappa shape index (κ1) is 17.7. The lowest BCUT2D eigenvalue weighted by Gasteiger charge is -2.11. The van der Waals surface area contributed by atoms with E-state index in [-0.39, 0.29) is 18.4 Å². The van der Waals surface area contributed by atoms with Gasteiger partial charge in [0, 0.05) is 34.5 Å². The number of carbonyl (C=O) groups is 1. The van der Waals surface area contributed by atoms with Gasteiger partial charge in [0.05, 0.1) is 11.7 Å². The lowest BCUT2D eigenvalue weighted by atomic mass is 10.0. The van der Waals surface area contributed by atoms with Crippen LogP contribution in [0, 0.1) is 0 Å². The minimum atomic E-state index is -0.385. The zero-order valence-corrected chi connectivity index (χ0v) is 15.8. The first-order valence-corrected chi connectivity index (χ1v) is 9.27. The van der Waals surface area contributed by atoms with Crippen LogP contribution in [0.3, 0.4) is 0 Å². The van der Waals surface area contributed by atoms with Crippen molar-refractivity contribution in [3.8, 4) is 11.1 Å². The zero-order valence-electron chi connectivity index (χ0n) is 15.8. The number of fused-ring (bicyclic) bond motifs is 2. The standard InChI is InChI=1S/C21H18N8O/c22-18(30)11-29-6-4-12-1-2-13(8-17(12)29)16-9-15(7-14-10-25-28-20(14)16)26-19-3-5-24-21(23)27-19/h1-10H,11H2,(H2,22,30)(H,25,28)(H3,23,24,26,27). The molecular formula is C21H18N8O. The van der Waals surface area contributed by atoms with Gasteiger partial charge >= 0.3 is 0 Å². The summed E-state index contributed by atoms with van der Waals surface area (Å²) in [6.45, 7) is 0.128. The van der Waals surface area contributed by atoms with Crippen LogP contribution < -0.4 is 16.8 Å². The average molecular weight is 398 g/mol. The normalized spacial score (nSPS) is 11.2. The quantitative estimate of drug-likeness (QED) is 0.359. The Bertz CT molecular complexity index is 1400. The molecule has 0 aliphatic rings. The number of nitrogens with one attached hydrogen (secondary N) is 2. The molecule has 3 heterocycles. The van der Waals surface area contributed by atoms with Crippen molar-refractivity contribution in [1.29, 1.82) is 0 Å². The summed E-state index contributed by atoms with van der Waals surface area (Å²) in [5.41, 5.74) is 15.7. The molecule has 0 saturated heterocycles. The summed E-state index contributed by atoms with van der Waals surface area (Å²) in [5.74, 6) is 0.413. The van der Waals surface area contributed by atoms with Gasteiger partial charge in [0.15, 0.2) is 0 Å². The number of H-pyrrole nitrogens is 1. The Morgan fingerprint density at radius 2 is 2.03 bits per heavy atom. The van der Waals surface area contributed by atoms with E-state index in [1.165, 1.54) is 0 Å². The fraction of sp³-hybridized carbons (Fsp3) is 0.0476. The minimum absolute atomic E-state index is 0.128. The molecule has 148 valence electrons. The van der Waals surface area contributed by atoms with E-state index >= 15 is 0 Å².